The van der Waals surface area contributed by atoms with Crippen molar-refractivity contribution in [2.45, 2.75) is 20.3 Å². The predicted octanol–water partition coefficient (Wildman–Crippen LogP) is 4.36. The molecule has 2 heterocycles. The molecule has 3 rings (SSSR count). The van der Waals surface area contributed by atoms with Crippen molar-refractivity contribution in [1.82, 2.24) is 4.90 Å². The van der Waals surface area contributed by atoms with Crippen LogP contribution in [0.15, 0.2) is 22.7 Å². The highest BCUT2D eigenvalue weighted by Crippen LogP contribution is 2.37. The zero-order valence-electron chi connectivity index (χ0n) is 12.2. The third-order valence-electron chi connectivity index (χ3n) is 4.34. The summed E-state index contributed by atoms with van der Waals surface area (Å²) in [5.41, 5.74) is 6.83. The molecule has 0 spiro atoms. The highest BCUT2D eigenvalue weighted by atomic mass is 79.9. The summed E-state index contributed by atoms with van der Waals surface area (Å²) >= 11 is 4.96. The number of likely N-dealkylation sites (tertiary alicyclic amines) is 1. The minimum absolute atomic E-state index is 0.0907. The van der Waals surface area contributed by atoms with Gasteiger partial charge >= 0.3 is 0 Å². The smallest absolute Gasteiger partial charge is 0.266 e. The summed E-state index contributed by atoms with van der Waals surface area (Å²) in [6.07, 6.45) is 1.10. The van der Waals surface area contributed by atoms with E-state index in [2.05, 4.69) is 29.8 Å². The summed E-state index contributed by atoms with van der Waals surface area (Å²) in [5.74, 6) is 1.32. The first kappa shape index (κ1) is 14.9. The largest absolute Gasteiger partial charge is 0.397 e. The minimum atomic E-state index is 0.0907. The number of hydrogen-bond donors (Lipinski definition) is 1. The first-order chi connectivity index (χ1) is 9.97. The molecular formula is C16H19BrN2OS. The fourth-order valence-electron chi connectivity index (χ4n) is 2.91. The van der Waals surface area contributed by atoms with E-state index in [-0.39, 0.29) is 5.91 Å². The van der Waals surface area contributed by atoms with Crippen LogP contribution in [0.5, 0.6) is 0 Å². The summed E-state index contributed by atoms with van der Waals surface area (Å²) < 4.78 is 2.07. The third-order valence-corrected chi connectivity index (χ3v) is 5.99. The minimum Gasteiger partial charge on any atom is -0.397 e. The van der Waals surface area contributed by atoms with Gasteiger partial charge in [0.15, 0.2) is 0 Å². The van der Waals surface area contributed by atoms with Gasteiger partial charge in [-0.3, -0.25) is 4.79 Å². The van der Waals surface area contributed by atoms with Crippen molar-refractivity contribution in [3.8, 4) is 0 Å². The SMILES string of the molecule is CC(C)C1CCN(C(=O)c2sc3cc(Br)ccc3c2N)C1. The average Bonchev–Trinajstić information content (AvgIpc) is 3.03. The number of nitrogens with zero attached hydrogens (tertiary/aromatic N) is 1. The van der Waals surface area contributed by atoms with Crippen LogP contribution < -0.4 is 5.73 Å². The van der Waals surface area contributed by atoms with Gasteiger partial charge in [0.2, 0.25) is 0 Å². The average molecular weight is 367 g/mol. The third kappa shape index (κ3) is 2.69. The fraction of sp³-hybridized carbons (Fsp3) is 0.438. The molecular weight excluding hydrogens is 348 g/mol. The van der Waals surface area contributed by atoms with Crippen molar-refractivity contribution < 1.29 is 4.79 Å². The maximum absolute atomic E-state index is 12.7. The molecule has 1 fully saturated rings. The second-order valence-corrected chi connectivity index (χ2v) is 8.00. The number of nitrogen functional groups attached to an aromatic ring is 1. The van der Waals surface area contributed by atoms with Crippen molar-refractivity contribution in [1.29, 1.82) is 0 Å². The highest BCUT2D eigenvalue weighted by Gasteiger charge is 2.30. The number of nitrogens with two attached hydrogens (primary N) is 1. The van der Waals surface area contributed by atoms with Gasteiger partial charge in [0.25, 0.3) is 5.91 Å². The topological polar surface area (TPSA) is 46.3 Å². The predicted molar refractivity (Wildman–Crippen MR) is 92.8 cm³/mol. The van der Waals surface area contributed by atoms with Gasteiger partial charge in [-0.15, -0.1) is 11.3 Å². The molecule has 0 aliphatic carbocycles. The lowest BCUT2D eigenvalue weighted by atomic mass is 9.95. The van der Waals surface area contributed by atoms with E-state index in [1.807, 2.05) is 23.1 Å². The summed E-state index contributed by atoms with van der Waals surface area (Å²) in [6, 6.07) is 5.96. The molecule has 1 aromatic carbocycles. The van der Waals surface area contributed by atoms with Gasteiger partial charge < -0.3 is 10.6 Å². The van der Waals surface area contributed by atoms with Crippen LogP contribution in [0.4, 0.5) is 5.69 Å². The van der Waals surface area contributed by atoms with Gasteiger partial charge in [0, 0.05) is 27.6 Å². The van der Waals surface area contributed by atoms with Crippen molar-refractivity contribution in [2.75, 3.05) is 18.8 Å². The summed E-state index contributed by atoms with van der Waals surface area (Å²) in [5, 5.41) is 0.978. The lowest BCUT2D eigenvalue weighted by Gasteiger charge is -2.17. The van der Waals surface area contributed by atoms with Crippen molar-refractivity contribution in [3.63, 3.8) is 0 Å². The number of benzene rings is 1. The molecule has 0 radical (unpaired) electrons. The van der Waals surface area contributed by atoms with E-state index in [1.165, 1.54) is 11.3 Å². The molecule has 1 aliphatic rings. The number of carbonyl (C=O) groups is 1. The molecule has 0 bridgehead atoms. The zero-order chi connectivity index (χ0) is 15.1. The van der Waals surface area contributed by atoms with E-state index < -0.39 is 0 Å². The Balaban J connectivity index is 1.90. The molecule has 1 atom stereocenters. The number of thiophene rings is 1. The van der Waals surface area contributed by atoms with Gasteiger partial charge in [0.1, 0.15) is 4.88 Å². The first-order valence-corrected chi connectivity index (χ1v) is 8.85. The van der Waals surface area contributed by atoms with Crippen LogP contribution in [0, 0.1) is 11.8 Å². The molecule has 3 nitrogen and oxygen atoms in total. The number of amides is 1. The van der Waals surface area contributed by atoms with Crippen LogP contribution in [0.3, 0.4) is 0 Å². The fourth-order valence-corrected chi connectivity index (χ4v) is 4.55. The number of anilines is 1. The molecule has 1 unspecified atom stereocenters. The number of carbonyl (C=O) groups excluding carboxylic acids is 1. The van der Waals surface area contributed by atoms with Gasteiger partial charge in [-0.1, -0.05) is 35.8 Å². The van der Waals surface area contributed by atoms with E-state index in [9.17, 15) is 4.79 Å². The standard InChI is InChI=1S/C16H19BrN2OS/c1-9(2)10-5-6-19(8-10)16(20)15-14(18)12-4-3-11(17)7-13(12)21-15/h3-4,7,9-10H,5-6,8,18H2,1-2H3. The maximum atomic E-state index is 12.7. The van der Waals surface area contributed by atoms with E-state index in [4.69, 9.17) is 5.73 Å². The lowest BCUT2D eigenvalue weighted by Crippen LogP contribution is -2.29. The number of fused-ring (bicyclic) bond motifs is 1. The van der Waals surface area contributed by atoms with Crippen molar-refractivity contribution in [2.24, 2.45) is 11.8 Å². The van der Waals surface area contributed by atoms with E-state index in [0.29, 0.717) is 22.4 Å². The number of hydrogen-bond acceptors (Lipinski definition) is 3. The van der Waals surface area contributed by atoms with Gasteiger partial charge in [-0.25, -0.2) is 0 Å². The van der Waals surface area contributed by atoms with Crippen LogP contribution in [-0.2, 0) is 0 Å². The second-order valence-electron chi connectivity index (χ2n) is 6.03. The van der Waals surface area contributed by atoms with Crippen LogP contribution in [0.1, 0.15) is 29.9 Å². The molecule has 2 aromatic rings. The molecule has 1 saturated heterocycles. The molecule has 0 saturated carbocycles. The maximum Gasteiger partial charge on any atom is 0.266 e. The Morgan fingerprint density at radius 1 is 1.48 bits per heavy atom. The Morgan fingerprint density at radius 2 is 2.24 bits per heavy atom. The highest BCUT2D eigenvalue weighted by molar-refractivity contribution is 9.10. The summed E-state index contributed by atoms with van der Waals surface area (Å²) in [7, 11) is 0. The normalized spacial score (nSPS) is 18.9. The summed E-state index contributed by atoms with van der Waals surface area (Å²) in [6.45, 7) is 6.15. The van der Waals surface area contributed by atoms with E-state index in [1.54, 1.807) is 0 Å². The van der Waals surface area contributed by atoms with Crippen molar-refractivity contribution in [3.05, 3.63) is 27.5 Å². The monoisotopic (exact) mass is 366 g/mol. The number of halogens is 1. The van der Waals surface area contributed by atoms with Crippen molar-refractivity contribution >= 4 is 48.9 Å². The zero-order valence-corrected chi connectivity index (χ0v) is 14.6. The Bertz CT molecular complexity index is 695. The Morgan fingerprint density at radius 3 is 2.90 bits per heavy atom. The number of rotatable bonds is 2. The van der Waals surface area contributed by atoms with Crippen LogP contribution in [-0.4, -0.2) is 23.9 Å². The molecule has 21 heavy (non-hydrogen) atoms. The Kier molecular flexibility index (Phi) is 3.97. The Hall–Kier alpha value is -1.07. The van der Waals surface area contributed by atoms with E-state index in [0.717, 1.165) is 34.1 Å². The van der Waals surface area contributed by atoms with Gasteiger partial charge in [0.05, 0.1) is 5.69 Å². The Labute approximate surface area is 137 Å². The quantitative estimate of drug-likeness (QED) is 0.857. The molecule has 1 aromatic heterocycles. The molecule has 5 heteroatoms. The second kappa shape index (κ2) is 5.61. The van der Waals surface area contributed by atoms with E-state index >= 15 is 0 Å². The molecule has 1 aliphatic heterocycles. The molecule has 2 N–H and O–H groups in total. The molecule has 112 valence electrons. The van der Waals surface area contributed by atoms with Crippen LogP contribution >= 0.6 is 27.3 Å². The molecule has 1 amide bonds. The van der Waals surface area contributed by atoms with Gasteiger partial charge in [-0.05, 0) is 30.4 Å². The summed E-state index contributed by atoms with van der Waals surface area (Å²) in [4.78, 5) is 15.4. The first-order valence-electron chi connectivity index (χ1n) is 7.24. The van der Waals surface area contributed by atoms with Crippen LogP contribution in [0.2, 0.25) is 0 Å². The van der Waals surface area contributed by atoms with Gasteiger partial charge in [-0.2, -0.15) is 0 Å². The lowest BCUT2D eigenvalue weighted by molar-refractivity contribution is 0.0790. The van der Waals surface area contributed by atoms with Crippen LogP contribution in [0.25, 0.3) is 10.1 Å².